The summed E-state index contributed by atoms with van der Waals surface area (Å²) in [7, 11) is -3.26. The molecule has 2 saturated heterocycles. The number of carbonyl (C=O) groups excluding carboxylic acids is 2. The van der Waals surface area contributed by atoms with Crippen LogP contribution in [-0.2, 0) is 14.8 Å². The summed E-state index contributed by atoms with van der Waals surface area (Å²) in [6.07, 6.45) is 0. The molecule has 0 aromatic rings. The second kappa shape index (κ2) is 4.25. The predicted octanol–water partition coefficient (Wildman–Crippen LogP) is 0.104. The van der Waals surface area contributed by atoms with Gasteiger partial charge in [0.15, 0.2) is 0 Å². The quantitative estimate of drug-likeness (QED) is 0.732. The molecular formula is C9H14N2O4S2. The summed E-state index contributed by atoms with van der Waals surface area (Å²) in [6, 6.07) is -0.279. The Bertz CT molecular complexity index is 438. The van der Waals surface area contributed by atoms with Crippen molar-refractivity contribution in [2.24, 2.45) is 0 Å². The second-order valence-electron chi connectivity index (χ2n) is 4.38. The monoisotopic (exact) mass is 278 g/mol. The molecule has 0 aromatic heterocycles. The highest BCUT2D eigenvalue weighted by atomic mass is 32.2. The first-order chi connectivity index (χ1) is 7.84. The molecular weight excluding hydrogens is 264 g/mol. The lowest BCUT2D eigenvalue weighted by atomic mass is 10.1. The first-order valence-corrected chi connectivity index (χ1v) is 7.80. The molecule has 0 saturated carbocycles. The highest BCUT2D eigenvalue weighted by molar-refractivity contribution is 8.14. The Morgan fingerprint density at radius 2 is 1.88 bits per heavy atom. The molecule has 2 aliphatic heterocycles. The summed E-state index contributed by atoms with van der Waals surface area (Å²) < 4.78 is 24.9. The van der Waals surface area contributed by atoms with Crippen LogP contribution in [0.5, 0.6) is 0 Å². The molecule has 2 rings (SSSR count). The third kappa shape index (κ3) is 2.09. The Kier molecular flexibility index (Phi) is 3.21. The van der Waals surface area contributed by atoms with Crippen LogP contribution in [0.2, 0.25) is 0 Å². The Hall–Kier alpha value is -0.600. The molecule has 2 heterocycles. The minimum atomic E-state index is -3.26. The van der Waals surface area contributed by atoms with Crippen LogP contribution >= 0.6 is 11.8 Å². The van der Waals surface area contributed by atoms with E-state index in [0.717, 1.165) is 11.8 Å². The van der Waals surface area contributed by atoms with E-state index in [0.29, 0.717) is 0 Å². The number of amides is 2. The molecule has 2 amide bonds. The summed E-state index contributed by atoms with van der Waals surface area (Å²) >= 11 is 0.976. The molecule has 2 fully saturated rings. The number of nitrogens with zero attached hydrogens (tertiary/aromatic N) is 2. The first-order valence-electron chi connectivity index (χ1n) is 5.32. The average molecular weight is 278 g/mol. The number of hydrogen-bond acceptors (Lipinski definition) is 5. The molecule has 6 nitrogen and oxygen atoms in total. The predicted molar refractivity (Wildman–Crippen MR) is 64.1 cm³/mol. The molecule has 2 aliphatic rings. The molecule has 0 aromatic carbocycles. The van der Waals surface area contributed by atoms with Crippen LogP contribution in [0.25, 0.3) is 0 Å². The van der Waals surface area contributed by atoms with E-state index in [-0.39, 0.29) is 36.0 Å². The summed E-state index contributed by atoms with van der Waals surface area (Å²) in [5.74, 6) is -0.0432. The van der Waals surface area contributed by atoms with Crippen LogP contribution in [0.3, 0.4) is 0 Å². The van der Waals surface area contributed by atoms with Crippen molar-refractivity contribution >= 4 is 32.9 Å². The Balaban J connectivity index is 2.00. The number of hydrogen-bond donors (Lipinski definition) is 0. The van der Waals surface area contributed by atoms with Gasteiger partial charge in [-0.25, -0.2) is 8.42 Å². The fourth-order valence-corrected chi connectivity index (χ4v) is 3.93. The molecule has 0 N–H and O–H groups in total. The van der Waals surface area contributed by atoms with Crippen LogP contribution < -0.4 is 0 Å². The summed E-state index contributed by atoms with van der Waals surface area (Å²) in [6.45, 7) is 3.70. The van der Waals surface area contributed by atoms with Crippen LogP contribution in [0, 0.1) is 0 Å². The molecule has 0 bridgehead atoms. The van der Waals surface area contributed by atoms with Gasteiger partial charge >= 0.3 is 0 Å². The second-order valence-corrected chi connectivity index (χ2v) is 7.80. The van der Waals surface area contributed by atoms with Crippen LogP contribution in [-0.4, -0.2) is 58.9 Å². The third-order valence-corrected chi connectivity index (χ3v) is 5.98. The molecule has 0 atom stereocenters. The van der Waals surface area contributed by atoms with Crippen LogP contribution in [0.15, 0.2) is 0 Å². The fraction of sp³-hybridized carbons (Fsp3) is 0.778. The average Bonchev–Trinajstić information content (AvgIpc) is 2.46. The fourth-order valence-electron chi connectivity index (χ4n) is 1.80. The van der Waals surface area contributed by atoms with Crippen molar-refractivity contribution in [1.82, 2.24) is 9.21 Å². The number of rotatable bonds is 3. The van der Waals surface area contributed by atoms with E-state index in [1.165, 1.54) is 9.21 Å². The van der Waals surface area contributed by atoms with Crippen molar-refractivity contribution < 1.29 is 18.0 Å². The minimum Gasteiger partial charge on any atom is -0.273 e. The third-order valence-electron chi connectivity index (χ3n) is 2.93. The van der Waals surface area contributed by atoms with Gasteiger partial charge in [0.05, 0.1) is 17.0 Å². The summed E-state index contributed by atoms with van der Waals surface area (Å²) in [5.41, 5.74) is 0. The Labute approximate surface area is 104 Å². The number of sulfonamides is 1. The van der Waals surface area contributed by atoms with E-state index in [2.05, 4.69) is 0 Å². The number of thioether (sulfide) groups is 1. The van der Waals surface area contributed by atoms with E-state index >= 15 is 0 Å². The van der Waals surface area contributed by atoms with Gasteiger partial charge in [0.1, 0.15) is 0 Å². The topological polar surface area (TPSA) is 74.8 Å². The lowest BCUT2D eigenvalue weighted by Crippen LogP contribution is -2.62. The van der Waals surface area contributed by atoms with Crippen LogP contribution in [0.4, 0.5) is 4.79 Å². The zero-order valence-corrected chi connectivity index (χ0v) is 11.3. The maximum atomic E-state index is 11.8. The zero-order chi connectivity index (χ0) is 12.8. The smallest absolute Gasteiger partial charge is 0.273 e. The van der Waals surface area contributed by atoms with Crippen molar-refractivity contribution in [2.45, 2.75) is 25.1 Å². The molecule has 0 spiro atoms. The lowest BCUT2D eigenvalue weighted by Gasteiger charge is -2.42. The normalized spacial score (nSPS) is 23.6. The van der Waals surface area contributed by atoms with E-state index in [4.69, 9.17) is 0 Å². The molecule has 8 heteroatoms. The number of carbonyl (C=O) groups is 2. The van der Waals surface area contributed by atoms with Crippen LogP contribution in [0.1, 0.15) is 13.8 Å². The van der Waals surface area contributed by atoms with Gasteiger partial charge in [-0.05, 0) is 13.8 Å². The van der Waals surface area contributed by atoms with Gasteiger partial charge in [-0.3, -0.25) is 14.5 Å². The Morgan fingerprint density at radius 3 is 2.29 bits per heavy atom. The van der Waals surface area contributed by atoms with E-state index in [1.54, 1.807) is 13.8 Å². The largest absolute Gasteiger partial charge is 0.289 e. The van der Waals surface area contributed by atoms with Gasteiger partial charge in [-0.15, -0.1) is 0 Å². The van der Waals surface area contributed by atoms with Crippen molar-refractivity contribution in [2.75, 3.05) is 18.8 Å². The van der Waals surface area contributed by atoms with E-state index in [9.17, 15) is 18.0 Å². The van der Waals surface area contributed by atoms with Crippen molar-refractivity contribution in [1.29, 1.82) is 0 Å². The highest BCUT2D eigenvalue weighted by Crippen LogP contribution is 2.28. The zero-order valence-electron chi connectivity index (χ0n) is 9.62. The minimum absolute atomic E-state index is 0.173. The maximum Gasteiger partial charge on any atom is 0.289 e. The van der Waals surface area contributed by atoms with E-state index in [1.807, 2.05) is 0 Å². The molecule has 17 heavy (non-hydrogen) atoms. The maximum absolute atomic E-state index is 11.8. The van der Waals surface area contributed by atoms with Gasteiger partial charge in [0.25, 0.3) is 5.24 Å². The molecule has 0 aliphatic carbocycles. The van der Waals surface area contributed by atoms with Crippen molar-refractivity contribution in [3.05, 3.63) is 0 Å². The van der Waals surface area contributed by atoms with Crippen molar-refractivity contribution in [3.63, 3.8) is 0 Å². The van der Waals surface area contributed by atoms with Crippen molar-refractivity contribution in [3.8, 4) is 0 Å². The lowest BCUT2D eigenvalue weighted by molar-refractivity contribution is -0.127. The number of imide groups is 1. The Morgan fingerprint density at radius 1 is 1.29 bits per heavy atom. The van der Waals surface area contributed by atoms with Gasteiger partial charge < -0.3 is 0 Å². The van der Waals surface area contributed by atoms with E-state index < -0.39 is 15.3 Å². The van der Waals surface area contributed by atoms with Gasteiger partial charge in [-0.2, -0.15) is 4.31 Å². The standard InChI is InChI=1S/C9H14N2O4S2/c1-6(2)17(14,15)10-3-7(4-10)11-8(12)5-16-9(11)13/h6-7H,3-5H2,1-2H3. The summed E-state index contributed by atoms with van der Waals surface area (Å²) in [4.78, 5) is 24.0. The van der Waals surface area contributed by atoms with Gasteiger partial charge in [-0.1, -0.05) is 11.8 Å². The van der Waals surface area contributed by atoms with Gasteiger partial charge in [0.2, 0.25) is 15.9 Å². The molecule has 0 unspecified atom stereocenters. The highest BCUT2D eigenvalue weighted by Gasteiger charge is 2.46. The van der Waals surface area contributed by atoms with Gasteiger partial charge in [0, 0.05) is 13.1 Å². The SMILES string of the molecule is CC(C)S(=O)(=O)N1CC(N2C(=O)CSC2=O)C1. The summed E-state index contributed by atoms with van der Waals surface area (Å²) in [5, 5.41) is -0.732. The molecule has 96 valence electrons. The molecule has 0 radical (unpaired) electrons. The first kappa shape index (κ1) is 12.8.